The summed E-state index contributed by atoms with van der Waals surface area (Å²) < 4.78 is 18.1. The highest BCUT2D eigenvalue weighted by Crippen LogP contribution is 2.30. The van der Waals surface area contributed by atoms with Crippen LogP contribution in [-0.2, 0) is 16.1 Å². The normalized spacial score (nSPS) is 10.1. The van der Waals surface area contributed by atoms with Crippen molar-refractivity contribution < 1.29 is 19.0 Å². The molecule has 0 saturated carbocycles. The minimum Gasteiger partial charge on any atom is -0.493 e. The van der Waals surface area contributed by atoms with E-state index in [1.165, 1.54) is 0 Å². The number of methoxy groups -OCH3 is 2. The molecule has 0 atom stereocenters. The molecule has 30 heavy (non-hydrogen) atoms. The average molecular weight is 457 g/mol. The Morgan fingerprint density at radius 2 is 1.97 bits per heavy atom. The highest BCUT2D eigenvalue weighted by Gasteiger charge is 2.10. The Kier molecular flexibility index (Phi) is 11.0. The van der Waals surface area contributed by atoms with Crippen LogP contribution >= 0.6 is 24.8 Å². The fourth-order valence-corrected chi connectivity index (χ4v) is 2.66. The smallest absolute Gasteiger partial charge is 0.238 e. The van der Waals surface area contributed by atoms with Gasteiger partial charge >= 0.3 is 0 Å². The molecule has 0 radical (unpaired) electrons. The van der Waals surface area contributed by atoms with Crippen LogP contribution < -0.4 is 20.1 Å². The number of amides is 1. The minimum atomic E-state index is -0.146. The average Bonchev–Trinajstić information content (AvgIpc) is 3.13. The van der Waals surface area contributed by atoms with Crippen LogP contribution in [0.5, 0.6) is 11.5 Å². The maximum Gasteiger partial charge on any atom is 0.238 e. The molecule has 1 aromatic carbocycles. The zero-order chi connectivity index (χ0) is 19.8. The maximum atomic E-state index is 12.0. The number of nitrogens with one attached hydrogen (secondary N) is 2. The molecule has 0 aliphatic rings. The third-order valence-corrected chi connectivity index (χ3v) is 4.01. The van der Waals surface area contributed by atoms with Crippen molar-refractivity contribution in [3.05, 3.63) is 54.5 Å². The van der Waals surface area contributed by atoms with Crippen LogP contribution in [0.25, 0.3) is 5.65 Å². The van der Waals surface area contributed by atoms with Gasteiger partial charge in [-0.15, -0.1) is 24.8 Å². The summed E-state index contributed by atoms with van der Waals surface area (Å²) in [5, 5.41) is 5.83. The molecule has 164 valence electrons. The first kappa shape index (κ1) is 25.5. The van der Waals surface area contributed by atoms with Crippen LogP contribution in [0.2, 0.25) is 0 Å². The Labute approximate surface area is 187 Å². The number of imidazole rings is 1. The number of hydrogen-bond donors (Lipinski definition) is 2. The number of fused-ring (bicyclic) bond motifs is 1. The van der Waals surface area contributed by atoms with Crippen LogP contribution in [0, 0.1) is 0 Å². The molecule has 3 aromatic rings. The molecule has 2 heterocycles. The second-order valence-corrected chi connectivity index (χ2v) is 6.07. The summed E-state index contributed by atoms with van der Waals surface area (Å²) in [6, 6.07) is 11.1. The number of carbonyl (C=O) groups is 1. The van der Waals surface area contributed by atoms with E-state index in [0.29, 0.717) is 30.3 Å². The lowest BCUT2D eigenvalue weighted by molar-refractivity contribution is -0.115. The van der Waals surface area contributed by atoms with Gasteiger partial charge in [-0.3, -0.25) is 4.79 Å². The van der Waals surface area contributed by atoms with Gasteiger partial charge in [0.15, 0.2) is 11.5 Å². The Morgan fingerprint density at radius 3 is 2.70 bits per heavy atom. The van der Waals surface area contributed by atoms with Crippen molar-refractivity contribution in [2.45, 2.75) is 6.61 Å². The molecule has 0 fully saturated rings. The van der Waals surface area contributed by atoms with Crippen LogP contribution in [0.15, 0.2) is 48.8 Å². The molecule has 0 saturated heterocycles. The molecule has 0 aliphatic heterocycles. The molecule has 8 nitrogen and oxygen atoms in total. The van der Waals surface area contributed by atoms with Gasteiger partial charge in [-0.25, -0.2) is 4.98 Å². The first-order valence-corrected chi connectivity index (χ1v) is 8.92. The topological polar surface area (TPSA) is 86.1 Å². The highest BCUT2D eigenvalue weighted by atomic mass is 35.5. The lowest BCUT2D eigenvalue weighted by Crippen LogP contribution is -2.30. The monoisotopic (exact) mass is 456 g/mol. The summed E-state index contributed by atoms with van der Waals surface area (Å²) in [5.41, 5.74) is 2.28. The molecule has 0 spiro atoms. The fourth-order valence-electron chi connectivity index (χ4n) is 2.66. The molecule has 3 rings (SSSR count). The van der Waals surface area contributed by atoms with Crippen molar-refractivity contribution in [2.75, 3.05) is 39.2 Å². The van der Waals surface area contributed by atoms with Crippen molar-refractivity contribution in [1.29, 1.82) is 0 Å². The molecule has 2 N–H and O–H groups in total. The van der Waals surface area contributed by atoms with E-state index in [9.17, 15) is 4.79 Å². The minimum absolute atomic E-state index is 0. The molecular formula is C20H26Cl2N4O4. The predicted molar refractivity (Wildman–Crippen MR) is 120 cm³/mol. The van der Waals surface area contributed by atoms with Gasteiger partial charge in [0.1, 0.15) is 12.3 Å². The van der Waals surface area contributed by atoms with E-state index in [0.717, 1.165) is 11.3 Å². The number of benzene rings is 1. The van der Waals surface area contributed by atoms with Crippen LogP contribution in [0.3, 0.4) is 0 Å². The van der Waals surface area contributed by atoms with Gasteiger partial charge in [0.2, 0.25) is 5.91 Å². The van der Waals surface area contributed by atoms with Crippen LogP contribution in [0.1, 0.15) is 5.69 Å². The van der Waals surface area contributed by atoms with E-state index >= 15 is 0 Å². The number of nitrogens with zero attached hydrogens (tertiary/aromatic N) is 2. The summed E-state index contributed by atoms with van der Waals surface area (Å²) in [4.78, 5) is 16.5. The van der Waals surface area contributed by atoms with Gasteiger partial charge < -0.3 is 29.2 Å². The van der Waals surface area contributed by atoms with Gasteiger partial charge in [0.25, 0.3) is 0 Å². The van der Waals surface area contributed by atoms with Crippen molar-refractivity contribution in [3.63, 3.8) is 0 Å². The Morgan fingerprint density at radius 1 is 1.13 bits per heavy atom. The van der Waals surface area contributed by atoms with Crippen molar-refractivity contribution in [3.8, 4) is 11.5 Å². The van der Waals surface area contributed by atoms with Gasteiger partial charge in [0, 0.05) is 37.8 Å². The number of rotatable bonds is 10. The molecule has 0 bridgehead atoms. The summed E-state index contributed by atoms with van der Waals surface area (Å²) in [5.74, 6) is 0.970. The van der Waals surface area contributed by atoms with Gasteiger partial charge in [-0.1, -0.05) is 6.07 Å². The second kappa shape index (κ2) is 12.9. The molecule has 2 aromatic heterocycles. The predicted octanol–water partition coefficient (Wildman–Crippen LogP) is 2.94. The van der Waals surface area contributed by atoms with Gasteiger partial charge in [-0.05, 0) is 24.3 Å². The first-order chi connectivity index (χ1) is 13.7. The van der Waals surface area contributed by atoms with Crippen molar-refractivity contribution in [2.24, 2.45) is 0 Å². The number of ether oxygens (including phenoxy) is 3. The van der Waals surface area contributed by atoms with Crippen LogP contribution in [0.4, 0.5) is 5.69 Å². The van der Waals surface area contributed by atoms with E-state index in [-0.39, 0.29) is 43.9 Å². The van der Waals surface area contributed by atoms with Crippen molar-refractivity contribution in [1.82, 2.24) is 14.7 Å². The van der Waals surface area contributed by atoms with Gasteiger partial charge in [0.05, 0.1) is 26.0 Å². The molecule has 0 aliphatic carbocycles. The van der Waals surface area contributed by atoms with Crippen LogP contribution in [-0.4, -0.2) is 49.2 Å². The zero-order valence-corrected chi connectivity index (χ0v) is 18.4. The lowest BCUT2D eigenvalue weighted by atomic mass is 10.2. The SMILES string of the molecule is COCCNCC(=O)Nc1ccc(OC)c(OCc2cn3ccccc3n2)c1.Cl.Cl. The van der Waals surface area contributed by atoms with Crippen molar-refractivity contribution >= 4 is 42.1 Å². The van der Waals surface area contributed by atoms with E-state index < -0.39 is 0 Å². The summed E-state index contributed by atoms with van der Waals surface area (Å²) in [6.07, 6.45) is 3.85. The van der Waals surface area contributed by atoms with E-state index in [1.807, 2.05) is 35.0 Å². The Bertz CT molecular complexity index is 903. The first-order valence-electron chi connectivity index (χ1n) is 8.92. The maximum absolute atomic E-state index is 12.0. The lowest BCUT2D eigenvalue weighted by Gasteiger charge is -2.12. The highest BCUT2D eigenvalue weighted by molar-refractivity contribution is 5.92. The van der Waals surface area contributed by atoms with E-state index in [2.05, 4.69) is 15.6 Å². The molecule has 0 unspecified atom stereocenters. The van der Waals surface area contributed by atoms with E-state index in [4.69, 9.17) is 14.2 Å². The second-order valence-electron chi connectivity index (χ2n) is 6.07. The molecule has 10 heteroatoms. The number of halogens is 2. The zero-order valence-electron chi connectivity index (χ0n) is 16.8. The number of aromatic nitrogens is 2. The number of anilines is 1. The molecule has 1 amide bonds. The van der Waals surface area contributed by atoms with Gasteiger partial charge in [-0.2, -0.15) is 0 Å². The fraction of sp³-hybridized carbons (Fsp3) is 0.300. The number of hydrogen-bond acceptors (Lipinski definition) is 6. The largest absolute Gasteiger partial charge is 0.493 e. The summed E-state index contributed by atoms with van der Waals surface area (Å²) in [7, 11) is 3.19. The number of carbonyl (C=O) groups excluding carboxylic acids is 1. The Balaban J connectivity index is 0.00000225. The quantitative estimate of drug-likeness (QED) is 0.456. The Hall–Kier alpha value is -2.52. The summed E-state index contributed by atoms with van der Waals surface area (Å²) in [6.45, 7) is 1.65. The third-order valence-electron chi connectivity index (χ3n) is 4.01. The number of pyridine rings is 1. The molecular weight excluding hydrogens is 431 g/mol. The third kappa shape index (κ3) is 7.07. The standard InChI is InChI=1S/C20H24N4O4.2ClH/c1-26-10-8-21-12-20(25)23-15-6-7-17(27-2)18(11-15)28-14-16-13-24-9-4-3-5-19(24)22-16;;/h3-7,9,11,13,21H,8,10,12,14H2,1-2H3,(H,23,25);2*1H. The van der Waals surface area contributed by atoms with E-state index in [1.54, 1.807) is 32.4 Å². The summed E-state index contributed by atoms with van der Waals surface area (Å²) >= 11 is 0.